The Labute approximate surface area is 125 Å². The third-order valence-electron chi connectivity index (χ3n) is 3.43. The molecule has 0 aromatic heterocycles. The van der Waals surface area contributed by atoms with E-state index in [1.807, 2.05) is 24.3 Å². The minimum absolute atomic E-state index is 0.0331. The molecule has 0 bridgehead atoms. The summed E-state index contributed by atoms with van der Waals surface area (Å²) in [6, 6.07) is 15.5. The van der Waals surface area contributed by atoms with Crippen LogP contribution in [0.15, 0.2) is 54.6 Å². The molecule has 0 saturated carbocycles. The molecule has 21 heavy (non-hydrogen) atoms. The molecule has 0 radical (unpaired) electrons. The van der Waals surface area contributed by atoms with Gasteiger partial charge in [-0.2, -0.15) is 8.78 Å². The molecule has 2 rings (SSSR count). The van der Waals surface area contributed by atoms with Crippen molar-refractivity contribution in [3.05, 3.63) is 65.7 Å². The lowest BCUT2D eigenvalue weighted by Crippen LogP contribution is -2.26. The van der Waals surface area contributed by atoms with Gasteiger partial charge in [-0.05, 0) is 17.0 Å². The SMILES string of the molecule is CC(C)(C)c1ccccc1NCC(F)(F)c1ccccc1. The Morgan fingerprint density at radius 3 is 2.05 bits per heavy atom. The molecule has 0 aliphatic rings. The zero-order chi connectivity index (χ0) is 15.5. The number of hydrogen-bond donors (Lipinski definition) is 1. The number of hydrogen-bond acceptors (Lipinski definition) is 1. The summed E-state index contributed by atoms with van der Waals surface area (Å²) in [6.07, 6.45) is 0. The van der Waals surface area contributed by atoms with Crippen molar-refractivity contribution in [2.45, 2.75) is 32.1 Å². The Bertz CT molecular complexity index is 586. The first kappa shape index (κ1) is 15.5. The Balaban J connectivity index is 2.17. The third-order valence-corrected chi connectivity index (χ3v) is 3.43. The first-order valence-corrected chi connectivity index (χ1v) is 7.07. The van der Waals surface area contributed by atoms with E-state index in [9.17, 15) is 8.78 Å². The number of alkyl halides is 2. The Morgan fingerprint density at radius 1 is 0.857 bits per heavy atom. The van der Waals surface area contributed by atoms with Crippen LogP contribution in [-0.2, 0) is 11.3 Å². The molecular weight excluding hydrogens is 268 g/mol. The highest BCUT2D eigenvalue weighted by Crippen LogP contribution is 2.32. The maximum absolute atomic E-state index is 14.2. The van der Waals surface area contributed by atoms with Crippen molar-refractivity contribution >= 4 is 5.69 Å². The van der Waals surface area contributed by atoms with Crippen molar-refractivity contribution in [1.82, 2.24) is 0 Å². The van der Waals surface area contributed by atoms with Crippen LogP contribution in [-0.4, -0.2) is 6.54 Å². The monoisotopic (exact) mass is 289 g/mol. The third kappa shape index (κ3) is 3.81. The number of anilines is 1. The van der Waals surface area contributed by atoms with Crippen molar-refractivity contribution in [2.75, 3.05) is 11.9 Å². The summed E-state index contributed by atoms with van der Waals surface area (Å²) in [4.78, 5) is 0. The molecule has 0 atom stereocenters. The molecule has 0 spiro atoms. The highest BCUT2D eigenvalue weighted by atomic mass is 19.3. The maximum atomic E-state index is 14.2. The smallest absolute Gasteiger partial charge is 0.290 e. The second-order valence-corrected chi connectivity index (χ2v) is 6.22. The summed E-state index contributed by atoms with van der Waals surface area (Å²) in [5, 5.41) is 2.91. The van der Waals surface area contributed by atoms with Gasteiger partial charge < -0.3 is 5.32 Å². The molecule has 0 fully saturated rings. The van der Waals surface area contributed by atoms with E-state index in [1.54, 1.807) is 18.2 Å². The van der Waals surface area contributed by atoms with Crippen LogP contribution in [0, 0.1) is 0 Å². The van der Waals surface area contributed by atoms with E-state index in [4.69, 9.17) is 0 Å². The highest BCUT2D eigenvalue weighted by Gasteiger charge is 2.31. The first-order valence-electron chi connectivity index (χ1n) is 7.07. The summed E-state index contributed by atoms with van der Waals surface area (Å²) < 4.78 is 28.4. The summed E-state index contributed by atoms with van der Waals surface area (Å²) in [5.74, 6) is -2.90. The molecular formula is C18H21F2N. The van der Waals surface area contributed by atoms with E-state index in [0.717, 1.165) is 11.3 Å². The molecule has 0 unspecified atom stereocenters. The van der Waals surface area contributed by atoms with Crippen molar-refractivity contribution in [3.63, 3.8) is 0 Å². The maximum Gasteiger partial charge on any atom is 0.290 e. The molecule has 0 heterocycles. The standard InChI is InChI=1S/C18H21F2N/c1-17(2,3)15-11-7-8-12-16(15)21-13-18(19,20)14-9-5-4-6-10-14/h4-12,21H,13H2,1-3H3. The molecule has 2 aromatic rings. The van der Waals surface area contributed by atoms with Crippen molar-refractivity contribution in [3.8, 4) is 0 Å². The molecule has 0 aliphatic carbocycles. The van der Waals surface area contributed by atoms with Crippen LogP contribution in [0.2, 0.25) is 0 Å². The number of rotatable bonds is 4. The molecule has 2 aromatic carbocycles. The van der Waals surface area contributed by atoms with Gasteiger partial charge in [0.2, 0.25) is 0 Å². The van der Waals surface area contributed by atoms with E-state index in [0.29, 0.717) is 0 Å². The van der Waals surface area contributed by atoms with Crippen LogP contribution in [0.3, 0.4) is 0 Å². The van der Waals surface area contributed by atoms with Crippen molar-refractivity contribution in [2.24, 2.45) is 0 Å². The molecule has 3 heteroatoms. The zero-order valence-corrected chi connectivity index (χ0v) is 12.7. The van der Waals surface area contributed by atoms with Crippen LogP contribution >= 0.6 is 0 Å². The van der Waals surface area contributed by atoms with E-state index in [2.05, 4.69) is 26.1 Å². The van der Waals surface area contributed by atoms with Crippen LogP contribution in [0.25, 0.3) is 0 Å². The first-order chi connectivity index (χ1) is 9.81. The predicted molar refractivity (Wildman–Crippen MR) is 84.0 cm³/mol. The topological polar surface area (TPSA) is 12.0 Å². The fourth-order valence-corrected chi connectivity index (χ4v) is 2.28. The lowest BCUT2D eigenvalue weighted by atomic mass is 9.86. The largest absolute Gasteiger partial charge is 0.378 e. The Hall–Kier alpha value is -1.90. The van der Waals surface area contributed by atoms with Gasteiger partial charge in [0.05, 0.1) is 6.54 Å². The molecule has 112 valence electrons. The van der Waals surface area contributed by atoms with Crippen LogP contribution < -0.4 is 5.32 Å². The Morgan fingerprint density at radius 2 is 1.43 bits per heavy atom. The number of para-hydroxylation sites is 1. The normalized spacial score (nSPS) is 12.2. The van der Waals surface area contributed by atoms with Gasteiger partial charge in [0, 0.05) is 11.3 Å². The van der Waals surface area contributed by atoms with Crippen molar-refractivity contribution in [1.29, 1.82) is 0 Å². The van der Waals surface area contributed by atoms with Gasteiger partial charge in [0.15, 0.2) is 0 Å². The molecule has 1 nitrogen and oxygen atoms in total. The van der Waals surface area contributed by atoms with Gasteiger partial charge in [0.1, 0.15) is 0 Å². The lowest BCUT2D eigenvalue weighted by molar-refractivity contribution is 0.0106. The van der Waals surface area contributed by atoms with Gasteiger partial charge in [-0.1, -0.05) is 69.3 Å². The van der Waals surface area contributed by atoms with Gasteiger partial charge in [-0.3, -0.25) is 0 Å². The minimum Gasteiger partial charge on any atom is -0.378 e. The van der Waals surface area contributed by atoms with Crippen LogP contribution in [0.5, 0.6) is 0 Å². The van der Waals surface area contributed by atoms with Gasteiger partial charge in [-0.15, -0.1) is 0 Å². The second-order valence-electron chi connectivity index (χ2n) is 6.22. The molecule has 1 N–H and O–H groups in total. The van der Waals surface area contributed by atoms with E-state index >= 15 is 0 Å². The fourth-order valence-electron chi connectivity index (χ4n) is 2.28. The summed E-state index contributed by atoms with van der Waals surface area (Å²) in [7, 11) is 0. The summed E-state index contributed by atoms with van der Waals surface area (Å²) in [5.41, 5.74) is 1.74. The predicted octanol–water partition coefficient (Wildman–Crippen LogP) is 5.19. The van der Waals surface area contributed by atoms with Gasteiger partial charge >= 0.3 is 0 Å². The zero-order valence-electron chi connectivity index (χ0n) is 12.7. The highest BCUT2D eigenvalue weighted by molar-refractivity contribution is 5.54. The second kappa shape index (κ2) is 5.84. The fraction of sp³-hybridized carbons (Fsp3) is 0.333. The Kier molecular flexibility index (Phi) is 4.31. The number of benzene rings is 2. The quantitative estimate of drug-likeness (QED) is 0.817. The summed E-state index contributed by atoms with van der Waals surface area (Å²) >= 11 is 0. The van der Waals surface area contributed by atoms with Crippen LogP contribution in [0.1, 0.15) is 31.9 Å². The molecule has 0 saturated heterocycles. The number of halogens is 2. The average molecular weight is 289 g/mol. The van der Waals surface area contributed by atoms with Gasteiger partial charge in [-0.25, -0.2) is 0 Å². The van der Waals surface area contributed by atoms with Gasteiger partial charge in [0.25, 0.3) is 5.92 Å². The van der Waals surface area contributed by atoms with E-state index < -0.39 is 12.5 Å². The van der Waals surface area contributed by atoms with E-state index in [-0.39, 0.29) is 11.0 Å². The lowest BCUT2D eigenvalue weighted by Gasteiger charge is -2.25. The minimum atomic E-state index is -2.90. The van der Waals surface area contributed by atoms with Crippen molar-refractivity contribution < 1.29 is 8.78 Å². The van der Waals surface area contributed by atoms with Crippen LogP contribution in [0.4, 0.5) is 14.5 Å². The summed E-state index contributed by atoms with van der Waals surface area (Å²) in [6.45, 7) is 5.80. The molecule has 0 aliphatic heterocycles. The average Bonchev–Trinajstić information content (AvgIpc) is 2.45. The number of nitrogens with one attached hydrogen (secondary N) is 1. The van der Waals surface area contributed by atoms with E-state index in [1.165, 1.54) is 12.1 Å². The molecule has 0 amide bonds.